The number of carbonyl (C=O) groups excluding carboxylic acids is 2. The number of urea groups is 1. The Labute approximate surface area is 178 Å². The second-order valence-electron chi connectivity index (χ2n) is 7.97. The van der Waals surface area contributed by atoms with Crippen LogP contribution >= 0.6 is 0 Å². The number of benzene rings is 1. The van der Waals surface area contributed by atoms with Crippen molar-refractivity contribution in [2.24, 2.45) is 5.92 Å². The van der Waals surface area contributed by atoms with Gasteiger partial charge < -0.3 is 24.4 Å². The number of hydrogen-bond donors (Lipinski definition) is 1. The lowest BCUT2D eigenvalue weighted by molar-refractivity contribution is -0.134. The van der Waals surface area contributed by atoms with E-state index >= 15 is 0 Å². The molecule has 0 bridgehead atoms. The summed E-state index contributed by atoms with van der Waals surface area (Å²) in [5, 5.41) is 2.82. The third-order valence-corrected chi connectivity index (χ3v) is 5.32. The number of carbonyl (C=O) groups is 2. The molecule has 7 heteroatoms. The molecule has 2 heterocycles. The number of nitrogens with zero attached hydrogens (tertiary/aromatic N) is 3. The highest BCUT2D eigenvalue weighted by atomic mass is 16.5. The SMILES string of the molecule is CCNC(=O)N(CC(=O)N1CCn2cccc2[C@@H]1c1ccccc1OC)CC(C)C. The van der Waals surface area contributed by atoms with Gasteiger partial charge in [0.25, 0.3) is 0 Å². The van der Waals surface area contributed by atoms with E-state index in [4.69, 9.17) is 4.74 Å². The summed E-state index contributed by atoms with van der Waals surface area (Å²) in [4.78, 5) is 29.5. The summed E-state index contributed by atoms with van der Waals surface area (Å²) < 4.78 is 7.78. The Kier molecular flexibility index (Phi) is 7.03. The van der Waals surface area contributed by atoms with Crippen molar-refractivity contribution in [2.75, 3.05) is 33.3 Å². The second kappa shape index (κ2) is 9.69. The van der Waals surface area contributed by atoms with Gasteiger partial charge in [0.1, 0.15) is 18.3 Å². The summed E-state index contributed by atoms with van der Waals surface area (Å²) in [7, 11) is 1.65. The number of hydrogen-bond acceptors (Lipinski definition) is 3. The Balaban J connectivity index is 1.92. The average Bonchev–Trinajstić information content (AvgIpc) is 3.21. The minimum absolute atomic E-state index is 0.0520. The van der Waals surface area contributed by atoms with Crippen molar-refractivity contribution in [3.8, 4) is 5.75 Å². The second-order valence-corrected chi connectivity index (χ2v) is 7.97. The van der Waals surface area contributed by atoms with E-state index in [0.29, 0.717) is 19.6 Å². The molecule has 3 amide bonds. The van der Waals surface area contributed by atoms with Crippen molar-refractivity contribution in [2.45, 2.75) is 33.4 Å². The molecule has 1 N–H and O–H groups in total. The van der Waals surface area contributed by atoms with Crippen LogP contribution in [0.15, 0.2) is 42.6 Å². The number of methoxy groups -OCH3 is 1. The summed E-state index contributed by atoms with van der Waals surface area (Å²) in [6.45, 7) is 8.38. The first-order chi connectivity index (χ1) is 14.5. The van der Waals surface area contributed by atoms with E-state index in [1.54, 1.807) is 12.0 Å². The molecule has 1 aliphatic heterocycles. The smallest absolute Gasteiger partial charge is 0.317 e. The van der Waals surface area contributed by atoms with Crippen molar-refractivity contribution < 1.29 is 14.3 Å². The van der Waals surface area contributed by atoms with Crippen LogP contribution in [-0.4, -0.2) is 59.6 Å². The van der Waals surface area contributed by atoms with E-state index in [2.05, 4.69) is 9.88 Å². The van der Waals surface area contributed by atoms with Gasteiger partial charge in [-0.25, -0.2) is 4.79 Å². The van der Waals surface area contributed by atoms with Crippen LogP contribution in [-0.2, 0) is 11.3 Å². The maximum absolute atomic E-state index is 13.5. The number of rotatable bonds is 7. The molecule has 0 fully saturated rings. The number of aromatic nitrogens is 1. The van der Waals surface area contributed by atoms with Gasteiger partial charge in [-0.3, -0.25) is 4.79 Å². The Morgan fingerprint density at radius 1 is 1.20 bits per heavy atom. The summed E-state index contributed by atoms with van der Waals surface area (Å²) in [6.07, 6.45) is 2.04. The number of amides is 3. The van der Waals surface area contributed by atoms with Gasteiger partial charge in [0, 0.05) is 43.6 Å². The minimum atomic E-state index is -0.257. The standard InChI is InChI=1S/C23H32N4O3/c1-5-24-23(29)26(15-17(2)3)16-21(28)27-14-13-25-12-8-10-19(25)22(27)18-9-6-7-11-20(18)30-4/h6-12,17,22H,5,13-16H2,1-4H3,(H,24,29)/t22-/m0/s1. The molecule has 2 aromatic rings. The molecule has 1 aromatic carbocycles. The molecule has 0 spiro atoms. The molecule has 1 atom stereocenters. The highest BCUT2D eigenvalue weighted by Crippen LogP contribution is 2.37. The van der Waals surface area contributed by atoms with Crippen molar-refractivity contribution >= 4 is 11.9 Å². The third-order valence-electron chi connectivity index (χ3n) is 5.32. The van der Waals surface area contributed by atoms with Crippen LogP contribution in [0.5, 0.6) is 5.75 Å². The van der Waals surface area contributed by atoms with Gasteiger partial charge in [0.05, 0.1) is 7.11 Å². The van der Waals surface area contributed by atoms with Gasteiger partial charge in [-0.05, 0) is 31.0 Å². The zero-order valence-electron chi connectivity index (χ0n) is 18.3. The fourth-order valence-electron chi connectivity index (χ4n) is 4.05. The zero-order valence-corrected chi connectivity index (χ0v) is 18.3. The molecule has 1 aromatic heterocycles. The Bertz CT molecular complexity index is 877. The topological polar surface area (TPSA) is 66.8 Å². The first kappa shape index (κ1) is 21.7. The number of nitrogens with one attached hydrogen (secondary N) is 1. The van der Waals surface area contributed by atoms with Gasteiger partial charge in [0.15, 0.2) is 0 Å². The first-order valence-corrected chi connectivity index (χ1v) is 10.6. The largest absolute Gasteiger partial charge is 0.496 e. The molecule has 30 heavy (non-hydrogen) atoms. The maximum Gasteiger partial charge on any atom is 0.317 e. The summed E-state index contributed by atoms with van der Waals surface area (Å²) in [5.74, 6) is 0.951. The van der Waals surface area contributed by atoms with Gasteiger partial charge in [0.2, 0.25) is 5.91 Å². The van der Waals surface area contributed by atoms with Gasteiger partial charge in [-0.2, -0.15) is 0 Å². The van der Waals surface area contributed by atoms with Crippen LogP contribution in [0.3, 0.4) is 0 Å². The van der Waals surface area contributed by atoms with Crippen LogP contribution in [0.1, 0.15) is 38.1 Å². The number of fused-ring (bicyclic) bond motifs is 1. The molecule has 162 valence electrons. The predicted octanol–water partition coefficient (Wildman–Crippen LogP) is 3.12. The molecule has 7 nitrogen and oxygen atoms in total. The Morgan fingerprint density at radius 2 is 1.97 bits per heavy atom. The fourth-order valence-corrected chi connectivity index (χ4v) is 4.05. The van der Waals surface area contributed by atoms with Gasteiger partial charge in [-0.15, -0.1) is 0 Å². The molecular weight excluding hydrogens is 380 g/mol. The highest BCUT2D eigenvalue weighted by molar-refractivity contribution is 5.85. The monoisotopic (exact) mass is 412 g/mol. The van der Waals surface area contributed by atoms with Crippen LogP contribution < -0.4 is 10.1 Å². The van der Waals surface area contributed by atoms with Gasteiger partial charge in [-0.1, -0.05) is 32.0 Å². The summed E-state index contributed by atoms with van der Waals surface area (Å²) in [5.41, 5.74) is 1.99. The van der Waals surface area contributed by atoms with E-state index in [0.717, 1.165) is 23.6 Å². The predicted molar refractivity (Wildman–Crippen MR) is 116 cm³/mol. The minimum Gasteiger partial charge on any atom is -0.496 e. The lowest BCUT2D eigenvalue weighted by atomic mass is 9.98. The van der Waals surface area contributed by atoms with E-state index < -0.39 is 0 Å². The molecule has 3 rings (SSSR count). The summed E-state index contributed by atoms with van der Waals surface area (Å²) in [6, 6.07) is 11.4. The van der Waals surface area contributed by atoms with Crippen molar-refractivity contribution in [1.29, 1.82) is 0 Å². The van der Waals surface area contributed by atoms with Crippen LogP contribution in [0.2, 0.25) is 0 Å². The van der Waals surface area contributed by atoms with Crippen molar-refractivity contribution in [1.82, 2.24) is 19.7 Å². The normalized spacial score (nSPS) is 15.6. The molecule has 1 aliphatic rings. The fraction of sp³-hybridized carbons (Fsp3) is 0.478. The Hall–Kier alpha value is -2.96. The molecule has 0 unspecified atom stereocenters. The van der Waals surface area contributed by atoms with Crippen LogP contribution in [0, 0.1) is 5.92 Å². The quantitative estimate of drug-likeness (QED) is 0.760. The zero-order chi connectivity index (χ0) is 21.7. The molecule has 0 saturated heterocycles. The molecule has 0 saturated carbocycles. The molecule has 0 aliphatic carbocycles. The number of para-hydroxylation sites is 1. The van der Waals surface area contributed by atoms with E-state index in [1.807, 2.05) is 68.3 Å². The average molecular weight is 413 g/mol. The van der Waals surface area contributed by atoms with Crippen molar-refractivity contribution in [3.63, 3.8) is 0 Å². The number of ether oxygens (including phenoxy) is 1. The van der Waals surface area contributed by atoms with E-state index in [9.17, 15) is 9.59 Å². The highest BCUT2D eigenvalue weighted by Gasteiger charge is 2.34. The van der Waals surface area contributed by atoms with Crippen LogP contribution in [0.4, 0.5) is 4.79 Å². The van der Waals surface area contributed by atoms with Gasteiger partial charge >= 0.3 is 6.03 Å². The van der Waals surface area contributed by atoms with E-state index in [-0.39, 0.29) is 30.4 Å². The lowest BCUT2D eigenvalue weighted by Crippen LogP contribution is -2.50. The van der Waals surface area contributed by atoms with E-state index in [1.165, 1.54) is 0 Å². The Morgan fingerprint density at radius 3 is 2.67 bits per heavy atom. The molecule has 0 radical (unpaired) electrons. The van der Waals surface area contributed by atoms with Crippen LogP contribution in [0.25, 0.3) is 0 Å². The van der Waals surface area contributed by atoms with Crippen molar-refractivity contribution in [3.05, 3.63) is 53.9 Å². The summed E-state index contributed by atoms with van der Waals surface area (Å²) >= 11 is 0. The third kappa shape index (κ3) is 4.61. The first-order valence-electron chi connectivity index (χ1n) is 10.6. The lowest BCUT2D eigenvalue weighted by Gasteiger charge is -2.39. The molecular formula is C23H32N4O3. The maximum atomic E-state index is 13.5.